The summed E-state index contributed by atoms with van der Waals surface area (Å²) < 4.78 is 25.7. The van der Waals surface area contributed by atoms with Gasteiger partial charge in [0.15, 0.2) is 15.1 Å². The minimum atomic E-state index is -3.81. The highest BCUT2D eigenvalue weighted by Crippen LogP contribution is 2.22. The van der Waals surface area contributed by atoms with E-state index in [1.807, 2.05) is 19.9 Å². The minimum absolute atomic E-state index is 0.0312. The molecule has 0 aromatic heterocycles. The van der Waals surface area contributed by atoms with Gasteiger partial charge in [-0.15, -0.1) is 11.8 Å². The Morgan fingerprint density at radius 3 is 2.55 bits per heavy atom. The Bertz CT molecular complexity index is 1070. The maximum Gasteiger partial charge on any atom is 0.241 e. The van der Waals surface area contributed by atoms with E-state index in [1.165, 1.54) is 23.9 Å². The van der Waals surface area contributed by atoms with Gasteiger partial charge in [-0.3, -0.25) is 14.9 Å². The summed E-state index contributed by atoms with van der Waals surface area (Å²) in [5, 5.41) is 7.70. The van der Waals surface area contributed by atoms with Crippen molar-refractivity contribution in [2.75, 3.05) is 17.6 Å². The molecule has 31 heavy (non-hydrogen) atoms. The van der Waals surface area contributed by atoms with Gasteiger partial charge in [-0.1, -0.05) is 36.7 Å². The van der Waals surface area contributed by atoms with E-state index in [2.05, 4.69) is 16.0 Å². The van der Waals surface area contributed by atoms with Crippen LogP contribution in [0.5, 0.6) is 0 Å². The summed E-state index contributed by atoms with van der Waals surface area (Å²) >= 11 is 7.23. The molecule has 0 saturated carbocycles. The van der Waals surface area contributed by atoms with Crippen LogP contribution >= 0.6 is 23.4 Å². The van der Waals surface area contributed by atoms with Crippen molar-refractivity contribution in [3.63, 3.8) is 0 Å². The molecule has 3 N–H and O–H groups in total. The van der Waals surface area contributed by atoms with E-state index in [0.29, 0.717) is 10.7 Å². The van der Waals surface area contributed by atoms with Crippen LogP contribution in [-0.4, -0.2) is 43.3 Å². The molecule has 0 radical (unpaired) electrons. The number of halogens is 1. The molecule has 1 saturated heterocycles. The normalized spacial score (nSPS) is 19.0. The van der Waals surface area contributed by atoms with Crippen LogP contribution in [0, 0.1) is 6.92 Å². The molecule has 3 rings (SSSR count). The first-order valence-corrected chi connectivity index (χ1v) is 12.7. The lowest BCUT2D eigenvalue weighted by molar-refractivity contribution is -0.122. The van der Waals surface area contributed by atoms with Crippen LogP contribution in [0.4, 0.5) is 5.69 Å². The van der Waals surface area contributed by atoms with Crippen LogP contribution in [0.25, 0.3) is 0 Å². The monoisotopic (exact) mass is 481 g/mol. The van der Waals surface area contributed by atoms with E-state index >= 15 is 0 Å². The first-order valence-electron chi connectivity index (χ1n) is 9.75. The van der Waals surface area contributed by atoms with Crippen molar-refractivity contribution in [3.8, 4) is 0 Å². The van der Waals surface area contributed by atoms with Gasteiger partial charge in [0.05, 0.1) is 10.6 Å². The van der Waals surface area contributed by atoms with Crippen LogP contribution in [0.2, 0.25) is 5.02 Å². The van der Waals surface area contributed by atoms with Crippen LogP contribution in [-0.2, 0) is 25.8 Å². The second-order valence-electron chi connectivity index (χ2n) is 7.15. The van der Waals surface area contributed by atoms with Crippen LogP contribution in [0.15, 0.2) is 47.4 Å². The number of sulfone groups is 1. The van der Waals surface area contributed by atoms with Crippen molar-refractivity contribution >= 4 is 50.7 Å². The molecule has 2 amide bonds. The summed E-state index contributed by atoms with van der Waals surface area (Å²) in [7, 11) is -3.81. The van der Waals surface area contributed by atoms with Crippen LogP contribution in [0.1, 0.15) is 18.1 Å². The molecule has 1 fully saturated rings. The van der Waals surface area contributed by atoms with Gasteiger partial charge in [0, 0.05) is 17.3 Å². The number of hydrogen-bond acceptors (Lipinski definition) is 6. The average Bonchev–Trinajstić information content (AvgIpc) is 2.75. The lowest BCUT2D eigenvalue weighted by atomic mass is 10.2. The fourth-order valence-corrected chi connectivity index (χ4v) is 5.53. The molecule has 0 spiro atoms. The Kier molecular flexibility index (Phi) is 7.64. The summed E-state index contributed by atoms with van der Waals surface area (Å²) in [6.45, 7) is 3.82. The van der Waals surface area contributed by atoms with Crippen molar-refractivity contribution in [3.05, 3.63) is 58.6 Å². The predicted octanol–water partition coefficient (Wildman–Crippen LogP) is 2.73. The molecular formula is C21H24ClN3O4S2. The molecule has 2 aromatic carbocycles. The maximum atomic E-state index is 12.8. The van der Waals surface area contributed by atoms with E-state index in [1.54, 1.807) is 24.3 Å². The SMILES string of the molecule is CCc1ccc(S(=O)(=O)C2CNC(SCC(=O)Nc3ccc(C)c(Cl)c3)NC2=O)cc1. The molecule has 7 nitrogen and oxygen atoms in total. The average molecular weight is 482 g/mol. The van der Waals surface area contributed by atoms with Crippen molar-refractivity contribution in [2.45, 2.75) is 35.9 Å². The molecular weight excluding hydrogens is 458 g/mol. The molecule has 2 atom stereocenters. The number of thioether (sulfide) groups is 1. The van der Waals surface area contributed by atoms with E-state index < -0.39 is 26.5 Å². The Labute approximate surface area is 191 Å². The highest BCUT2D eigenvalue weighted by molar-refractivity contribution is 8.00. The molecule has 1 heterocycles. The number of rotatable bonds is 7. The third-order valence-electron chi connectivity index (χ3n) is 4.93. The van der Waals surface area contributed by atoms with Crippen molar-refractivity contribution < 1.29 is 18.0 Å². The van der Waals surface area contributed by atoms with Gasteiger partial charge >= 0.3 is 0 Å². The number of benzene rings is 2. The number of carbonyl (C=O) groups excluding carboxylic acids is 2. The first kappa shape index (κ1) is 23.6. The number of nitrogens with one attached hydrogen (secondary N) is 3. The minimum Gasteiger partial charge on any atom is -0.331 e. The lowest BCUT2D eigenvalue weighted by Crippen LogP contribution is -2.59. The van der Waals surface area contributed by atoms with Crippen molar-refractivity contribution in [1.29, 1.82) is 0 Å². The smallest absolute Gasteiger partial charge is 0.241 e. The zero-order chi connectivity index (χ0) is 22.6. The Hall–Kier alpha value is -2.07. The molecule has 0 aliphatic carbocycles. The number of aryl methyl sites for hydroxylation is 2. The Morgan fingerprint density at radius 2 is 1.94 bits per heavy atom. The first-order chi connectivity index (χ1) is 14.7. The summed E-state index contributed by atoms with van der Waals surface area (Å²) in [4.78, 5) is 24.8. The van der Waals surface area contributed by atoms with Gasteiger partial charge in [-0.2, -0.15) is 0 Å². The number of amides is 2. The predicted molar refractivity (Wildman–Crippen MR) is 124 cm³/mol. The second-order valence-corrected chi connectivity index (χ2v) is 10.8. The Balaban J connectivity index is 1.54. The van der Waals surface area contributed by atoms with Gasteiger partial charge in [0.1, 0.15) is 5.50 Å². The molecule has 2 unspecified atom stereocenters. The summed E-state index contributed by atoms with van der Waals surface area (Å²) in [6.07, 6.45) is 0.801. The van der Waals surface area contributed by atoms with Crippen molar-refractivity contribution in [2.24, 2.45) is 0 Å². The third-order valence-corrected chi connectivity index (χ3v) is 8.44. The molecule has 10 heteroatoms. The third kappa shape index (κ3) is 5.79. The van der Waals surface area contributed by atoms with E-state index in [4.69, 9.17) is 11.6 Å². The van der Waals surface area contributed by atoms with E-state index in [-0.39, 0.29) is 23.1 Å². The summed E-state index contributed by atoms with van der Waals surface area (Å²) in [5.74, 6) is -0.771. The van der Waals surface area contributed by atoms with E-state index in [9.17, 15) is 18.0 Å². The zero-order valence-electron chi connectivity index (χ0n) is 17.1. The van der Waals surface area contributed by atoms with Crippen LogP contribution < -0.4 is 16.0 Å². The standard InChI is InChI=1S/C21H24ClN3O4S2/c1-3-14-5-8-16(9-6-14)31(28,29)18-11-23-21(25-20(18)27)30-12-19(26)24-15-7-4-13(2)17(22)10-15/h4-10,18,21,23H,3,11-12H2,1-2H3,(H,24,26)(H,25,27). The van der Waals surface area contributed by atoms with Crippen LogP contribution in [0.3, 0.4) is 0 Å². The van der Waals surface area contributed by atoms with Gasteiger partial charge in [0.25, 0.3) is 0 Å². The molecule has 166 valence electrons. The zero-order valence-corrected chi connectivity index (χ0v) is 19.5. The summed E-state index contributed by atoms with van der Waals surface area (Å²) in [5.41, 5.74) is 1.96. The lowest BCUT2D eigenvalue weighted by Gasteiger charge is -2.29. The van der Waals surface area contributed by atoms with Gasteiger partial charge < -0.3 is 10.6 Å². The molecule has 2 aromatic rings. The highest BCUT2D eigenvalue weighted by Gasteiger charge is 2.38. The van der Waals surface area contributed by atoms with Crippen molar-refractivity contribution in [1.82, 2.24) is 10.6 Å². The summed E-state index contributed by atoms with van der Waals surface area (Å²) in [6, 6.07) is 11.8. The quantitative estimate of drug-likeness (QED) is 0.561. The number of anilines is 1. The fraction of sp³-hybridized carbons (Fsp3) is 0.333. The van der Waals surface area contributed by atoms with E-state index in [0.717, 1.165) is 17.5 Å². The topological polar surface area (TPSA) is 104 Å². The van der Waals surface area contributed by atoms with Gasteiger partial charge in [-0.25, -0.2) is 8.42 Å². The molecule has 1 aliphatic rings. The highest BCUT2D eigenvalue weighted by atomic mass is 35.5. The second kappa shape index (κ2) is 10.0. The molecule has 1 aliphatic heterocycles. The number of carbonyl (C=O) groups is 2. The fourth-order valence-electron chi connectivity index (χ4n) is 3.04. The largest absolute Gasteiger partial charge is 0.331 e. The number of hydrogen-bond donors (Lipinski definition) is 3. The maximum absolute atomic E-state index is 12.8. The van der Waals surface area contributed by atoms with Gasteiger partial charge in [-0.05, 0) is 48.7 Å². The molecule has 0 bridgehead atoms. The van der Waals surface area contributed by atoms with Gasteiger partial charge in [0.2, 0.25) is 11.8 Å². The Morgan fingerprint density at radius 1 is 1.23 bits per heavy atom.